The van der Waals surface area contributed by atoms with Crippen LogP contribution in [0.1, 0.15) is 45.5 Å². The second-order valence-electron chi connectivity index (χ2n) is 6.91. The van der Waals surface area contributed by atoms with E-state index in [1.807, 2.05) is 32.0 Å². The third kappa shape index (κ3) is 4.30. The van der Waals surface area contributed by atoms with E-state index in [4.69, 9.17) is 10.7 Å². The normalized spacial score (nSPS) is 12.6. The number of hydrogen-bond donors (Lipinski definition) is 2. The summed E-state index contributed by atoms with van der Waals surface area (Å²) in [5.41, 5.74) is 6.18. The molecule has 0 fully saturated rings. The smallest absolute Gasteiger partial charge is 0.226 e. The topological polar surface area (TPSA) is 68.0 Å². The summed E-state index contributed by atoms with van der Waals surface area (Å²) >= 11 is 1.68. The fourth-order valence-electron chi connectivity index (χ4n) is 2.68. The Bertz CT molecular complexity index is 635. The van der Waals surface area contributed by atoms with Gasteiger partial charge in [0.1, 0.15) is 0 Å². The highest BCUT2D eigenvalue weighted by atomic mass is 32.1. The Hall–Kier alpha value is -1.46. The van der Waals surface area contributed by atoms with Crippen molar-refractivity contribution in [2.75, 3.05) is 6.54 Å². The monoisotopic (exact) mass is 333 g/mol. The minimum absolute atomic E-state index is 0.0836. The van der Waals surface area contributed by atoms with Crippen molar-refractivity contribution in [3.05, 3.63) is 29.3 Å². The van der Waals surface area contributed by atoms with Crippen LogP contribution < -0.4 is 11.1 Å². The van der Waals surface area contributed by atoms with Gasteiger partial charge in [0.2, 0.25) is 5.91 Å². The number of nitrogens with zero attached hydrogens (tertiary/aromatic N) is 1. The molecule has 0 aliphatic heterocycles. The highest BCUT2D eigenvalue weighted by Gasteiger charge is 2.36. The number of amides is 1. The molecule has 2 aromatic rings. The van der Waals surface area contributed by atoms with Crippen molar-refractivity contribution in [2.24, 2.45) is 11.1 Å². The number of carbonyl (C=O) groups excluding carboxylic acids is 1. The molecule has 2 rings (SSSR count). The lowest BCUT2D eigenvalue weighted by atomic mass is 9.78. The van der Waals surface area contributed by atoms with Crippen molar-refractivity contribution >= 4 is 27.5 Å². The molecule has 3 N–H and O–H groups in total. The zero-order valence-electron chi connectivity index (χ0n) is 14.5. The first-order valence-electron chi connectivity index (χ1n) is 8.21. The Morgan fingerprint density at radius 1 is 1.26 bits per heavy atom. The molecule has 0 saturated heterocycles. The number of benzene rings is 1. The van der Waals surface area contributed by atoms with Crippen LogP contribution in [0.25, 0.3) is 10.2 Å². The van der Waals surface area contributed by atoms with E-state index in [2.05, 4.69) is 25.2 Å². The molecule has 1 aromatic heterocycles. The highest BCUT2D eigenvalue weighted by Crippen LogP contribution is 2.34. The molecule has 23 heavy (non-hydrogen) atoms. The second kappa shape index (κ2) is 6.97. The summed E-state index contributed by atoms with van der Waals surface area (Å²) in [7, 11) is 0. The van der Waals surface area contributed by atoms with Crippen molar-refractivity contribution in [2.45, 2.75) is 52.5 Å². The van der Waals surface area contributed by atoms with Crippen LogP contribution in [0.3, 0.4) is 0 Å². The van der Waals surface area contributed by atoms with Crippen LogP contribution >= 0.6 is 11.3 Å². The number of aromatic nitrogens is 1. The van der Waals surface area contributed by atoms with E-state index in [9.17, 15) is 4.79 Å². The van der Waals surface area contributed by atoms with E-state index in [0.29, 0.717) is 13.0 Å². The minimum atomic E-state index is -0.418. The quantitative estimate of drug-likeness (QED) is 0.815. The molecule has 0 spiro atoms. The summed E-state index contributed by atoms with van der Waals surface area (Å²) in [6, 6.07) is 8.11. The van der Waals surface area contributed by atoms with Crippen LogP contribution in [-0.2, 0) is 11.2 Å². The van der Waals surface area contributed by atoms with Gasteiger partial charge in [0.15, 0.2) is 0 Å². The molecule has 0 radical (unpaired) electrons. The molecular weight excluding hydrogens is 306 g/mol. The lowest BCUT2D eigenvalue weighted by Gasteiger charge is -2.31. The van der Waals surface area contributed by atoms with E-state index in [0.717, 1.165) is 23.4 Å². The van der Waals surface area contributed by atoms with E-state index < -0.39 is 11.0 Å². The number of thiazole rings is 1. The van der Waals surface area contributed by atoms with E-state index in [1.165, 1.54) is 4.70 Å². The van der Waals surface area contributed by atoms with Crippen molar-refractivity contribution in [3.8, 4) is 0 Å². The molecule has 4 nitrogen and oxygen atoms in total. The van der Waals surface area contributed by atoms with Gasteiger partial charge in [-0.15, -0.1) is 11.3 Å². The molecule has 0 aliphatic rings. The summed E-state index contributed by atoms with van der Waals surface area (Å²) in [6.45, 7) is 8.46. The molecule has 0 unspecified atom stereocenters. The maximum Gasteiger partial charge on any atom is 0.226 e. The Balaban J connectivity index is 2.20. The Kier molecular flexibility index (Phi) is 5.42. The fraction of sp³-hybridized carbons (Fsp3) is 0.556. The first-order valence-corrected chi connectivity index (χ1v) is 9.03. The third-order valence-electron chi connectivity index (χ3n) is 4.37. The van der Waals surface area contributed by atoms with Gasteiger partial charge in [0, 0.05) is 18.5 Å². The zero-order chi connectivity index (χ0) is 17.1. The van der Waals surface area contributed by atoms with Crippen molar-refractivity contribution < 1.29 is 4.79 Å². The number of carbonyl (C=O) groups is 1. The van der Waals surface area contributed by atoms with Crippen molar-refractivity contribution in [1.82, 2.24) is 10.3 Å². The third-order valence-corrected chi connectivity index (χ3v) is 5.40. The molecule has 0 atom stereocenters. The van der Waals surface area contributed by atoms with Crippen LogP contribution in [0.5, 0.6) is 0 Å². The average molecular weight is 334 g/mol. The summed E-state index contributed by atoms with van der Waals surface area (Å²) in [4.78, 5) is 17.5. The maximum atomic E-state index is 12.8. The Labute approximate surface area is 142 Å². The molecule has 1 amide bonds. The van der Waals surface area contributed by atoms with Gasteiger partial charge in [-0.05, 0) is 38.8 Å². The fourth-order valence-corrected chi connectivity index (χ4v) is 3.79. The number of rotatable bonds is 7. The summed E-state index contributed by atoms with van der Waals surface area (Å²) < 4.78 is 1.17. The van der Waals surface area contributed by atoms with Gasteiger partial charge < -0.3 is 11.1 Å². The minimum Gasteiger partial charge on any atom is -0.354 e. The van der Waals surface area contributed by atoms with Gasteiger partial charge in [-0.1, -0.05) is 26.0 Å². The molecule has 0 aliphatic carbocycles. The summed E-state index contributed by atoms with van der Waals surface area (Å²) in [5, 5.41) is 4.06. The summed E-state index contributed by atoms with van der Waals surface area (Å²) in [5.74, 6) is 0.0836. The van der Waals surface area contributed by atoms with Gasteiger partial charge in [-0.3, -0.25) is 4.79 Å². The van der Waals surface area contributed by atoms with Gasteiger partial charge in [0.05, 0.1) is 20.6 Å². The SMILES string of the molecule is CCC(CC)(Cc1nc2ccccc2s1)C(=O)NCC(C)(C)N. The largest absolute Gasteiger partial charge is 0.354 e. The van der Waals surface area contributed by atoms with Gasteiger partial charge in [-0.2, -0.15) is 0 Å². The zero-order valence-corrected chi connectivity index (χ0v) is 15.3. The highest BCUT2D eigenvalue weighted by molar-refractivity contribution is 7.18. The van der Waals surface area contributed by atoms with Gasteiger partial charge in [0.25, 0.3) is 0 Å². The lowest BCUT2D eigenvalue weighted by Crippen LogP contribution is -2.50. The number of fused-ring (bicyclic) bond motifs is 1. The first kappa shape index (κ1) is 17.9. The van der Waals surface area contributed by atoms with Crippen LogP contribution in [-0.4, -0.2) is 23.0 Å². The molecule has 1 heterocycles. The molecule has 1 aromatic carbocycles. The van der Waals surface area contributed by atoms with Crippen molar-refractivity contribution in [1.29, 1.82) is 0 Å². The molecule has 0 saturated carbocycles. The Morgan fingerprint density at radius 2 is 1.91 bits per heavy atom. The van der Waals surface area contributed by atoms with Gasteiger partial charge >= 0.3 is 0 Å². The Morgan fingerprint density at radius 3 is 2.48 bits per heavy atom. The molecule has 5 heteroatoms. The van der Waals surface area contributed by atoms with E-state index in [-0.39, 0.29) is 5.91 Å². The lowest BCUT2D eigenvalue weighted by molar-refractivity contribution is -0.131. The van der Waals surface area contributed by atoms with E-state index in [1.54, 1.807) is 11.3 Å². The molecular formula is C18H27N3OS. The standard InChI is InChI=1S/C18H27N3OS/c1-5-18(6-2,16(22)20-12-17(3,4)19)11-15-21-13-9-7-8-10-14(13)23-15/h7-10H,5-6,11-12,19H2,1-4H3,(H,20,22). The average Bonchev–Trinajstić information content (AvgIpc) is 2.91. The number of nitrogens with one attached hydrogen (secondary N) is 1. The van der Waals surface area contributed by atoms with Gasteiger partial charge in [-0.25, -0.2) is 4.98 Å². The predicted molar refractivity (Wildman–Crippen MR) is 97.6 cm³/mol. The van der Waals surface area contributed by atoms with Crippen LogP contribution in [0.15, 0.2) is 24.3 Å². The number of nitrogens with two attached hydrogens (primary N) is 1. The maximum absolute atomic E-state index is 12.8. The molecule has 0 bridgehead atoms. The number of hydrogen-bond acceptors (Lipinski definition) is 4. The second-order valence-corrected chi connectivity index (χ2v) is 8.03. The van der Waals surface area contributed by atoms with Crippen LogP contribution in [0, 0.1) is 5.41 Å². The first-order chi connectivity index (χ1) is 10.8. The molecule has 126 valence electrons. The van der Waals surface area contributed by atoms with Crippen LogP contribution in [0.4, 0.5) is 0 Å². The van der Waals surface area contributed by atoms with Crippen molar-refractivity contribution in [3.63, 3.8) is 0 Å². The van der Waals surface area contributed by atoms with E-state index >= 15 is 0 Å². The summed E-state index contributed by atoms with van der Waals surface area (Å²) in [6.07, 6.45) is 2.25. The van der Waals surface area contributed by atoms with Crippen LogP contribution in [0.2, 0.25) is 0 Å². The predicted octanol–water partition coefficient (Wildman–Crippen LogP) is 3.50. The number of para-hydroxylation sites is 1.